The number of hydrogen-bond donors (Lipinski definition) is 2. The number of likely N-dealkylation sites (N-methyl/N-ethyl adjacent to an activating group) is 1. The van der Waals surface area contributed by atoms with E-state index in [1.54, 1.807) is 7.11 Å². The summed E-state index contributed by atoms with van der Waals surface area (Å²) in [5.41, 5.74) is 6.82. The highest BCUT2D eigenvalue weighted by molar-refractivity contribution is 5.78. The van der Waals surface area contributed by atoms with Gasteiger partial charge in [-0.15, -0.1) is 0 Å². The maximum absolute atomic E-state index is 5.91. The van der Waals surface area contributed by atoms with Gasteiger partial charge in [0.25, 0.3) is 0 Å². The van der Waals surface area contributed by atoms with Crippen molar-refractivity contribution in [2.24, 2.45) is 10.7 Å². The molecule has 0 heterocycles. The molecule has 0 spiro atoms. The van der Waals surface area contributed by atoms with Gasteiger partial charge in [-0.1, -0.05) is 19.9 Å². The second-order valence-corrected chi connectivity index (χ2v) is 6.94. The fourth-order valence-corrected chi connectivity index (χ4v) is 2.35. The molecule has 0 aromatic heterocycles. The van der Waals surface area contributed by atoms with Crippen LogP contribution in [-0.4, -0.2) is 49.7 Å². The van der Waals surface area contributed by atoms with Crippen LogP contribution in [-0.2, 0) is 6.54 Å². The van der Waals surface area contributed by atoms with Crippen LogP contribution in [0.25, 0.3) is 0 Å². The van der Waals surface area contributed by atoms with Crippen molar-refractivity contribution in [3.05, 3.63) is 23.8 Å². The molecule has 0 bridgehead atoms. The zero-order valence-corrected chi connectivity index (χ0v) is 16.6. The maximum atomic E-state index is 5.91. The van der Waals surface area contributed by atoms with E-state index in [0.717, 1.165) is 36.7 Å². The molecule has 25 heavy (non-hydrogen) atoms. The van der Waals surface area contributed by atoms with Crippen LogP contribution in [0, 0.1) is 0 Å². The highest BCUT2D eigenvalue weighted by Gasteiger charge is 2.10. The van der Waals surface area contributed by atoms with E-state index in [1.807, 2.05) is 39.0 Å². The minimum atomic E-state index is -0.103. The molecule has 1 rings (SSSR count). The molecule has 0 fully saturated rings. The third-order valence-corrected chi connectivity index (χ3v) is 3.72. The van der Waals surface area contributed by atoms with E-state index in [1.165, 1.54) is 0 Å². The van der Waals surface area contributed by atoms with E-state index in [-0.39, 0.29) is 5.54 Å². The molecule has 6 heteroatoms. The third-order valence-electron chi connectivity index (χ3n) is 3.72. The maximum Gasteiger partial charge on any atom is 0.189 e. The number of hydrogen-bond acceptors (Lipinski definition) is 4. The van der Waals surface area contributed by atoms with Gasteiger partial charge in [0, 0.05) is 12.1 Å². The van der Waals surface area contributed by atoms with Crippen LogP contribution in [0.1, 0.15) is 40.2 Å². The molecule has 0 radical (unpaired) electrons. The van der Waals surface area contributed by atoms with Gasteiger partial charge in [0.1, 0.15) is 6.61 Å². The van der Waals surface area contributed by atoms with Crippen molar-refractivity contribution in [2.75, 3.05) is 33.4 Å². The van der Waals surface area contributed by atoms with Gasteiger partial charge in [-0.3, -0.25) is 0 Å². The standard InChI is InChI=1S/C19H34N4O2/c1-7-23(8-2)11-12-25-16-10-9-15(13-17(16)24-6)14-21-18(20)22-19(3,4)5/h9-10,13H,7-8,11-12,14H2,1-6H3,(H3,20,21,22). The summed E-state index contributed by atoms with van der Waals surface area (Å²) in [7, 11) is 1.65. The molecule has 3 N–H and O–H groups in total. The van der Waals surface area contributed by atoms with Crippen LogP contribution >= 0.6 is 0 Å². The number of nitrogens with zero attached hydrogens (tertiary/aromatic N) is 2. The largest absolute Gasteiger partial charge is 0.493 e. The zero-order valence-electron chi connectivity index (χ0n) is 16.6. The molecule has 0 saturated heterocycles. The number of aliphatic imine (C=N–C) groups is 1. The Labute approximate surface area is 152 Å². The van der Waals surface area contributed by atoms with E-state index in [4.69, 9.17) is 15.2 Å². The number of ether oxygens (including phenoxy) is 2. The Balaban J connectivity index is 2.67. The summed E-state index contributed by atoms with van der Waals surface area (Å²) in [5, 5.41) is 3.15. The Morgan fingerprint density at radius 1 is 1.20 bits per heavy atom. The Morgan fingerprint density at radius 2 is 1.88 bits per heavy atom. The number of guanidine groups is 1. The van der Waals surface area contributed by atoms with E-state index >= 15 is 0 Å². The first-order chi connectivity index (χ1) is 11.8. The van der Waals surface area contributed by atoms with E-state index in [2.05, 4.69) is 29.1 Å². The summed E-state index contributed by atoms with van der Waals surface area (Å²) < 4.78 is 11.3. The van der Waals surface area contributed by atoms with E-state index in [9.17, 15) is 0 Å². The third kappa shape index (κ3) is 8.12. The molecule has 142 valence electrons. The van der Waals surface area contributed by atoms with Crippen LogP contribution < -0.4 is 20.5 Å². The van der Waals surface area contributed by atoms with Crippen molar-refractivity contribution in [3.8, 4) is 11.5 Å². The number of rotatable bonds is 9. The quantitative estimate of drug-likeness (QED) is 0.529. The van der Waals surface area contributed by atoms with Gasteiger partial charge in [0.15, 0.2) is 17.5 Å². The monoisotopic (exact) mass is 350 g/mol. The van der Waals surface area contributed by atoms with Crippen molar-refractivity contribution in [1.82, 2.24) is 10.2 Å². The van der Waals surface area contributed by atoms with Gasteiger partial charge < -0.3 is 25.4 Å². The second kappa shape index (κ2) is 10.1. The Bertz CT molecular complexity index is 549. The highest BCUT2D eigenvalue weighted by Crippen LogP contribution is 2.28. The number of nitrogens with one attached hydrogen (secondary N) is 1. The Morgan fingerprint density at radius 3 is 2.44 bits per heavy atom. The topological polar surface area (TPSA) is 72.1 Å². The molecule has 0 aliphatic heterocycles. The summed E-state index contributed by atoms with van der Waals surface area (Å²) in [6, 6.07) is 5.86. The summed E-state index contributed by atoms with van der Waals surface area (Å²) in [4.78, 5) is 6.69. The van der Waals surface area contributed by atoms with Gasteiger partial charge in [-0.25, -0.2) is 4.99 Å². The first kappa shape index (κ1) is 21.1. The lowest BCUT2D eigenvalue weighted by atomic mass is 10.1. The Hall–Kier alpha value is -1.95. The number of benzene rings is 1. The highest BCUT2D eigenvalue weighted by atomic mass is 16.5. The first-order valence-electron chi connectivity index (χ1n) is 8.89. The minimum absolute atomic E-state index is 0.103. The first-order valence-corrected chi connectivity index (χ1v) is 8.89. The summed E-state index contributed by atoms with van der Waals surface area (Å²) >= 11 is 0. The molecule has 0 aliphatic rings. The zero-order chi connectivity index (χ0) is 18.9. The molecular formula is C19H34N4O2. The SMILES string of the molecule is CCN(CC)CCOc1ccc(CN=C(N)NC(C)(C)C)cc1OC. The van der Waals surface area contributed by atoms with Gasteiger partial charge in [0.05, 0.1) is 13.7 Å². The molecule has 0 atom stereocenters. The molecule has 0 unspecified atom stereocenters. The minimum Gasteiger partial charge on any atom is -0.493 e. The van der Waals surface area contributed by atoms with Gasteiger partial charge in [0.2, 0.25) is 0 Å². The Kier molecular flexibility index (Phi) is 8.55. The fourth-order valence-electron chi connectivity index (χ4n) is 2.35. The van der Waals surface area contributed by atoms with Gasteiger partial charge >= 0.3 is 0 Å². The molecule has 1 aromatic rings. The fraction of sp³-hybridized carbons (Fsp3) is 0.632. The summed E-state index contributed by atoms with van der Waals surface area (Å²) in [6.07, 6.45) is 0. The van der Waals surface area contributed by atoms with Crippen LogP contribution in [0.3, 0.4) is 0 Å². The average Bonchev–Trinajstić information content (AvgIpc) is 2.56. The van der Waals surface area contributed by atoms with E-state index < -0.39 is 0 Å². The smallest absolute Gasteiger partial charge is 0.189 e. The predicted molar refractivity (Wildman–Crippen MR) is 104 cm³/mol. The molecular weight excluding hydrogens is 316 g/mol. The summed E-state index contributed by atoms with van der Waals surface area (Å²) in [6.45, 7) is 14.5. The lowest BCUT2D eigenvalue weighted by Crippen LogP contribution is -2.44. The average molecular weight is 351 g/mol. The van der Waals surface area contributed by atoms with Crippen molar-refractivity contribution in [1.29, 1.82) is 0 Å². The van der Waals surface area contributed by atoms with Crippen LogP contribution in [0.15, 0.2) is 23.2 Å². The van der Waals surface area contributed by atoms with Crippen molar-refractivity contribution >= 4 is 5.96 Å². The number of nitrogens with two attached hydrogens (primary N) is 1. The summed E-state index contributed by atoms with van der Waals surface area (Å²) in [5.74, 6) is 1.91. The van der Waals surface area contributed by atoms with E-state index in [0.29, 0.717) is 19.1 Å². The lowest BCUT2D eigenvalue weighted by Gasteiger charge is -2.21. The van der Waals surface area contributed by atoms with Crippen LogP contribution in [0.5, 0.6) is 11.5 Å². The molecule has 6 nitrogen and oxygen atoms in total. The predicted octanol–water partition coefficient (Wildman–Crippen LogP) is 2.62. The lowest BCUT2D eigenvalue weighted by molar-refractivity contribution is 0.217. The van der Waals surface area contributed by atoms with Crippen molar-refractivity contribution in [2.45, 2.75) is 46.7 Å². The van der Waals surface area contributed by atoms with Crippen LogP contribution in [0.4, 0.5) is 0 Å². The molecule has 1 aromatic carbocycles. The normalized spacial score (nSPS) is 12.4. The number of methoxy groups -OCH3 is 1. The van der Waals surface area contributed by atoms with Crippen molar-refractivity contribution in [3.63, 3.8) is 0 Å². The molecule has 0 amide bonds. The van der Waals surface area contributed by atoms with Crippen LogP contribution in [0.2, 0.25) is 0 Å². The van der Waals surface area contributed by atoms with Gasteiger partial charge in [-0.2, -0.15) is 0 Å². The van der Waals surface area contributed by atoms with Crippen molar-refractivity contribution < 1.29 is 9.47 Å². The molecule has 0 aliphatic carbocycles. The second-order valence-electron chi connectivity index (χ2n) is 6.94. The van der Waals surface area contributed by atoms with Gasteiger partial charge in [-0.05, 0) is 51.6 Å². The molecule has 0 saturated carbocycles.